The fraction of sp³-hybridized carbons (Fsp3) is 0.667. The second-order valence-electron chi connectivity index (χ2n) is 7.74. The van der Waals surface area contributed by atoms with E-state index in [1.54, 1.807) is 0 Å². The van der Waals surface area contributed by atoms with Crippen molar-refractivity contribution in [1.82, 2.24) is 9.80 Å². The van der Waals surface area contributed by atoms with E-state index in [2.05, 4.69) is 18.7 Å². The smallest absolute Gasteiger partial charge is 0.236 e. The number of benzene rings is 1. The number of para-hydroxylation sites is 2. The minimum absolute atomic E-state index is 0.0431. The Bertz CT molecular complexity index is 599. The zero-order valence-electron chi connectivity index (χ0n) is 16.3. The molecule has 1 aliphatic carbocycles. The van der Waals surface area contributed by atoms with Crippen molar-refractivity contribution in [1.29, 1.82) is 0 Å². The van der Waals surface area contributed by atoms with Crippen LogP contribution in [0.3, 0.4) is 0 Å². The summed E-state index contributed by atoms with van der Waals surface area (Å²) in [6, 6.07) is 8.15. The van der Waals surface area contributed by atoms with Crippen LogP contribution < -0.4 is 9.47 Å². The molecule has 0 radical (unpaired) electrons. The number of likely N-dealkylation sites (N-methyl/N-ethyl adjacent to an activating group) is 2. The van der Waals surface area contributed by atoms with Crippen LogP contribution in [0.25, 0.3) is 0 Å². The predicted molar refractivity (Wildman–Crippen MR) is 103 cm³/mol. The summed E-state index contributed by atoms with van der Waals surface area (Å²) in [5.74, 6) is 2.60. The minimum Gasteiger partial charge on any atom is -0.486 e. The highest BCUT2D eigenvalue weighted by Crippen LogP contribution is 2.31. The van der Waals surface area contributed by atoms with E-state index < -0.39 is 0 Å². The van der Waals surface area contributed by atoms with E-state index in [-0.39, 0.29) is 12.0 Å². The van der Waals surface area contributed by atoms with Crippen LogP contribution in [-0.2, 0) is 4.79 Å². The van der Waals surface area contributed by atoms with Gasteiger partial charge in [0, 0.05) is 19.6 Å². The summed E-state index contributed by atoms with van der Waals surface area (Å²) in [4.78, 5) is 16.9. The number of amides is 1. The number of carbonyl (C=O) groups excluding carboxylic acids is 1. The summed E-state index contributed by atoms with van der Waals surface area (Å²) < 4.78 is 11.8. The number of fused-ring (bicyclic) bond motifs is 1. The summed E-state index contributed by atoms with van der Waals surface area (Å²) in [7, 11) is 1.97. The highest BCUT2D eigenvalue weighted by atomic mass is 16.6. The maximum absolute atomic E-state index is 12.7. The van der Waals surface area contributed by atoms with Crippen molar-refractivity contribution in [3.8, 4) is 11.5 Å². The molecule has 0 N–H and O–H groups in total. The molecule has 1 aliphatic heterocycles. The van der Waals surface area contributed by atoms with E-state index in [0.29, 0.717) is 25.7 Å². The van der Waals surface area contributed by atoms with Gasteiger partial charge in [0.05, 0.1) is 6.54 Å². The molecule has 144 valence electrons. The molecule has 0 spiro atoms. The molecular formula is C21H32N2O3. The van der Waals surface area contributed by atoms with Crippen LogP contribution in [0, 0.1) is 5.92 Å². The average Bonchev–Trinajstić information content (AvgIpc) is 2.67. The number of hydrogen-bond donors (Lipinski definition) is 0. The van der Waals surface area contributed by atoms with Crippen molar-refractivity contribution in [3.05, 3.63) is 24.3 Å². The maximum Gasteiger partial charge on any atom is 0.236 e. The third-order valence-corrected chi connectivity index (χ3v) is 5.76. The lowest BCUT2D eigenvalue weighted by atomic mass is 9.87. The van der Waals surface area contributed by atoms with E-state index in [1.807, 2.05) is 36.2 Å². The maximum atomic E-state index is 12.7. The first kappa shape index (κ1) is 19.0. The summed E-state index contributed by atoms with van der Waals surface area (Å²) in [6.07, 6.45) is 4.68. The molecule has 26 heavy (non-hydrogen) atoms. The first-order valence-corrected chi connectivity index (χ1v) is 9.93. The highest BCUT2D eigenvalue weighted by Gasteiger charge is 2.27. The van der Waals surface area contributed by atoms with Crippen LogP contribution in [0.2, 0.25) is 0 Å². The molecule has 0 saturated heterocycles. The summed E-state index contributed by atoms with van der Waals surface area (Å²) in [6.45, 7) is 6.89. The molecule has 5 nitrogen and oxygen atoms in total. The van der Waals surface area contributed by atoms with Crippen LogP contribution in [0.15, 0.2) is 24.3 Å². The van der Waals surface area contributed by atoms with E-state index in [1.165, 1.54) is 12.8 Å². The van der Waals surface area contributed by atoms with Gasteiger partial charge in [-0.2, -0.15) is 0 Å². The van der Waals surface area contributed by atoms with E-state index in [9.17, 15) is 4.79 Å². The van der Waals surface area contributed by atoms with Crippen molar-refractivity contribution in [2.45, 2.75) is 51.7 Å². The van der Waals surface area contributed by atoms with Crippen molar-refractivity contribution in [3.63, 3.8) is 0 Å². The van der Waals surface area contributed by atoms with Gasteiger partial charge in [-0.25, -0.2) is 0 Å². The normalized spacial score (nSPS) is 25.2. The molecule has 1 aromatic rings. The Balaban J connectivity index is 1.50. The number of rotatable bonds is 6. The fourth-order valence-corrected chi connectivity index (χ4v) is 3.88. The van der Waals surface area contributed by atoms with Crippen LogP contribution in [0.5, 0.6) is 11.5 Å². The zero-order chi connectivity index (χ0) is 18.5. The molecule has 1 aromatic carbocycles. The van der Waals surface area contributed by atoms with E-state index in [4.69, 9.17) is 9.47 Å². The predicted octanol–water partition coefficient (Wildman–Crippen LogP) is 3.19. The summed E-state index contributed by atoms with van der Waals surface area (Å²) in [5.41, 5.74) is 0. The molecule has 5 heteroatoms. The van der Waals surface area contributed by atoms with E-state index >= 15 is 0 Å². The van der Waals surface area contributed by atoms with Crippen LogP contribution in [0.4, 0.5) is 0 Å². The van der Waals surface area contributed by atoms with Crippen LogP contribution in [0.1, 0.15) is 39.5 Å². The third kappa shape index (κ3) is 4.70. The largest absolute Gasteiger partial charge is 0.486 e. The van der Waals surface area contributed by atoms with Gasteiger partial charge in [-0.15, -0.1) is 0 Å². The van der Waals surface area contributed by atoms with Gasteiger partial charge in [-0.1, -0.05) is 26.0 Å². The van der Waals surface area contributed by atoms with Crippen LogP contribution in [-0.4, -0.2) is 61.1 Å². The number of nitrogens with zero attached hydrogens (tertiary/aromatic N) is 2. The molecule has 0 bridgehead atoms. The molecule has 1 atom stereocenters. The quantitative estimate of drug-likeness (QED) is 0.781. The second-order valence-corrected chi connectivity index (χ2v) is 7.74. The molecule has 1 heterocycles. The Morgan fingerprint density at radius 1 is 1.15 bits per heavy atom. The number of hydrogen-bond acceptors (Lipinski definition) is 4. The van der Waals surface area contributed by atoms with Crippen molar-refractivity contribution >= 4 is 5.91 Å². The van der Waals surface area contributed by atoms with Gasteiger partial charge in [-0.05, 0) is 50.3 Å². The van der Waals surface area contributed by atoms with Gasteiger partial charge in [-0.3, -0.25) is 9.69 Å². The molecule has 1 fully saturated rings. The lowest BCUT2D eigenvalue weighted by Crippen LogP contribution is -2.47. The average molecular weight is 360 g/mol. The van der Waals surface area contributed by atoms with Crippen molar-refractivity contribution in [2.75, 3.05) is 33.3 Å². The molecule has 3 rings (SSSR count). The van der Waals surface area contributed by atoms with Gasteiger partial charge in [0.25, 0.3) is 0 Å². The van der Waals surface area contributed by atoms with Crippen molar-refractivity contribution < 1.29 is 14.3 Å². The van der Waals surface area contributed by atoms with Crippen LogP contribution >= 0.6 is 0 Å². The Morgan fingerprint density at radius 3 is 2.54 bits per heavy atom. The Kier molecular flexibility index (Phi) is 6.41. The van der Waals surface area contributed by atoms with E-state index in [0.717, 1.165) is 36.8 Å². The third-order valence-electron chi connectivity index (χ3n) is 5.76. The molecule has 1 unspecified atom stereocenters. The summed E-state index contributed by atoms with van der Waals surface area (Å²) >= 11 is 0. The second kappa shape index (κ2) is 8.76. The lowest BCUT2D eigenvalue weighted by molar-refractivity contribution is -0.134. The van der Waals surface area contributed by atoms with Gasteiger partial charge in [0.2, 0.25) is 5.91 Å². The lowest BCUT2D eigenvalue weighted by Gasteiger charge is -2.35. The Labute approximate surface area is 157 Å². The SMILES string of the molecule is CCN(CC(=O)N(C)C1CCC(C)CC1)CC1COc2ccccc2O1. The monoisotopic (exact) mass is 360 g/mol. The van der Waals surface area contributed by atoms with Gasteiger partial charge in [0.1, 0.15) is 12.7 Å². The molecule has 0 aromatic heterocycles. The fourth-order valence-electron chi connectivity index (χ4n) is 3.88. The Hall–Kier alpha value is -1.75. The Morgan fingerprint density at radius 2 is 1.85 bits per heavy atom. The summed E-state index contributed by atoms with van der Waals surface area (Å²) in [5, 5.41) is 0. The first-order valence-electron chi connectivity index (χ1n) is 9.93. The van der Waals surface area contributed by atoms with Crippen molar-refractivity contribution in [2.24, 2.45) is 5.92 Å². The number of carbonyl (C=O) groups is 1. The van der Waals surface area contributed by atoms with Gasteiger partial charge >= 0.3 is 0 Å². The van der Waals surface area contributed by atoms with Gasteiger partial charge < -0.3 is 14.4 Å². The standard InChI is InChI=1S/C21H32N2O3/c1-4-23(13-18-15-25-19-7-5-6-8-20(19)26-18)14-21(24)22(3)17-11-9-16(2)10-12-17/h5-8,16-18H,4,9-15H2,1-3H3. The highest BCUT2D eigenvalue weighted by molar-refractivity contribution is 5.78. The molecule has 2 aliphatic rings. The van der Waals surface area contributed by atoms with Gasteiger partial charge in [0.15, 0.2) is 11.5 Å². The first-order chi connectivity index (χ1) is 12.6. The topological polar surface area (TPSA) is 42.0 Å². The minimum atomic E-state index is -0.0431. The molecular weight excluding hydrogens is 328 g/mol. The molecule has 1 saturated carbocycles. The molecule has 1 amide bonds. The number of ether oxygens (including phenoxy) is 2. The zero-order valence-corrected chi connectivity index (χ0v) is 16.3.